The second-order valence-electron chi connectivity index (χ2n) is 7.72. The van der Waals surface area contributed by atoms with Crippen LogP contribution in [0.5, 0.6) is 0 Å². The van der Waals surface area contributed by atoms with E-state index in [9.17, 15) is 0 Å². The number of benzene rings is 2. The average molecular weight is 326 g/mol. The Morgan fingerprint density at radius 2 is 1.35 bits per heavy atom. The molecule has 0 spiro atoms. The standard InChI is InChI=1S/C22H31P/c1-5-18-23(19-12-17-22(2,3)4,20-13-8-6-9-14-20)21-15-10-7-11-16-21/h5-11,13-16,23H,1,12,17-19H2,2-4H3. The predicted octanol–water partition coefficient (Wildman–Crippen LogP) is 5.40. The molecule has 2 aromatic carbocycles. The Morgan fingerprint density at radius 1 is 0.870 bits per heavy atom. The van der Waals surface area contributed by atoms with Crippen LogP contribution >= 0.6 is 7.26 Å². The van der Waals surface area contributed by atoms with Crippen molar-refractivity contribution in [3.05, 3.63) is 73.3 Å². The summed E-state index contributed by atoms with van der Waals surface area (Å²) in [6, 6.07) is 22.3. The summed E-state index contributed by atoms with van der Waals surface area (Å²) in [5, 5.41) is 3.08. The number of allylic oxidation sites excluding steroid dienone is 1. The molecule has 0 amide bonds. The first-order valence-electron chi connectivity index (χ1n) is 8.70. The van der Waals surface area contributed by atoms with Gasteiger partial charge in [-0.3, -0.25) is 0 Å². The Balaban J connectivity index is 2.41. The monoisotopic (exact) mass is 326 g/mol. The topological polar surface area (TPSA) is 0 Å². The first kappa shape index (κ1) is 18.0. The zero-order valence-electron chi connectivity index (χ0n) is 14.9. The van der Waals surface area contributed by atoms with E-state index in [-0.39, 0.29) is 0 Å². The number of hydrogen-bond acceptors (Lipinski definition) is 0. The Kier molecular flexibility index (Phi) is 6.19. The molecule has 1 heteroatoms. The fraction of sp³-hybridized carbons (Fsp3) is 0.364. The van der Waals surface area contributed by atoms with Crippen molar-refractivity contribution >= 4 is 17.9 Å². The molecule has 2 aromatic rings. The summed E-state index contributed by atoms with van der Waals surface area (Å²) in [6.07, 6.45) is 7.12. The van der Waals surface area contributed by atoms with Crippen molar-refractivity contribution in [3.63, 3.8) is 0 Å². The summed E-state index contributed by atoms with van der Waals surface area (Å²) >= 11 is 0. The van der Waals surface area contributed by atoms with Crippen molar-refractivity contribution in [3.8, 4) is 0 Å². The molecule has 0 fully saturated rings. The summed E-state index contributed by atoms with van der Waals surface area (Å²) in [5.41, 5.74) is 0.404. The van der Waals surface area contributed by atoms with Gasteiger partial charge in [0.25, 0.3) is 0 Å². The molecule has 0 N–H and O–H groups in total. The normalized spacial score (nSPS) is 12.8. The van der Waals surface area contributed by atoms with Crippen LogP contribution in [0.4, 0.5) is 0 Å². The van der Waals surface area contributed by atoms with E-state index in [0.29, 0.717) is 5.41 Å². The average Bonchev–Trinajstić information content (AvgIpc) is 2.54. The van der Waals surface area contributed by atoms with Gasteiger partial charge in [0.15, 0.2) is 0 Å². The molecule has 0 heterocycles. The number of rotatable bonds is 7. The zero-order valence-corrected chi connectivity index (χ0v) is 15.9. The van der Waals surface area contributed by atoms with Crippen LogP contribution in [0.25, 0.3) is 0 Å². The van der Waals surface area contributed by atoms with E-state index in [1.165, 1.54) is 19.0 Å². The van der Waals surface area contributed by atoms with Crippen LogP contribution in [-0.2, 0) is 0 Å². The molecule has 0 bridgehead atoms. The fourth-order valence-corrected chi connectivity index (χ4v) is 7.99. The molecule has 23 heavy (non-hydrogen) atoms. The van der Waals surface area contributed by atoms with E-state index in [1.807, 2.05) is 0 Å². The van der Waals surface area contributed by atoms with Crippen molar-refractivity contribution in [1.82, 2.24) is 0 Å². The van der Waals surface area contributed by atoms with Crippen LogP contribution in [0.1, 0.15) is 33.6 Å². The van der Waals surface area contributed by atoms with Gasteiger partial charge in [-0.05, 0) is 0 Å². The molecule has 0 aliphatic rings. The van der Waals surface area contributed by atoms with Gasteiger partial charge in [-0.15, -0.1) is 0 Å². The molecule has 0 saturated carbocycles. The maximum absolute atomic E-state index is 4.09. The molecule has 0 saturated heterocycles. The predicted molar refractivity (Wildman–Crippen MR) is 109 cm³/mol. The molecule has 0 aliphatic carbocycles. The molecule has 0 aliphatic heterocycles. The van der Waals surface area contributed by atoms with Crippen LogP contribution in [0.3, 0.4) is 0 Å². The minimum absolute atomic E-state index is 0.404. The molecule has 2 rings (SSSR count). The van der Waals surface area contributed by atoms with Gasteiger partial charge in [-0.2, -0.15) is 0 Å². The van der Waals surface area contributed by atoms with Crippen molar-refractivity contribution in [1.29, 1.82) is 0 Å². The molecular weight excluding hydrogens is 295 g/mol. The van der Waals surface area contributed by atoms with Crippen LogP contribution in [0, 0.1) is 5.41 Å². The van der Waals surface area contributed by atoms with Gasteiger partial charge in [0.05, 0.1) is 0 Å². The molecule has 124 valence electrons. The van der Waals surface area contributed by atoms with E-state index in [0.717, 1.165) is 6.16 Å². The second-order valence-corrected chi connectivity index (χ2v) is 11.9. The van der Waals surface area contributed by atoms with Crippen LogP contribution in [-0.4, -0.2) is 12.3 Å². The van der Waals surface area contributed by atoms with Gasteiger partial charge in [0.1, 0.15) is 0 Å². The van der Waals surface area contributed by atoms with E-state index in [4.69, 9.17) is 0 Å². The minimum atomic E-state index is -1.77. The van der Waals surface area contributed by atoms with Crippen molar-refractivity contribution < 1.29 is 0 Å². The molecule has 0 unspecified atom stereocenters. The van der Waals surface area contributed by atoms with E-state index in [1.54, 1.807) is 10.6 Å². The van der Waals surface area contributed by atoms with Crippen LogP contribution in [0.2, 0.25) is 0 Å². The third-order valence-corrected chi connectivity index (χ3v) is 9.75. The Morgan fingerprint density at radius 3 is 1.74 bits per heavy atom. The summed E-state index contributed by atoms with van der Waals surface area (Å²) in [6.45, 7) is 11.1. The summed E-state index contributed by atoms with van der Waals surface area (Å²) in [4.78, 5) is 0. The first-order chi connectivity index (χ1) is 11.0. The van der Waals surface area contributed by atoms with Crippen LogP contribution < -0.4 is 10.6 Å². The third-order valence-electron chi connectivity index (χ3n) is 4.68. The van der Waals surface area contributed by atoms with Crippen molar-refractivity contribution in [2.75, 3.05) is 12.3 Å². The zero-order chi connectivity index (χ0) is 16.8. The van der Waals surface area contributed by atoms with Gasteiger partial charge in [-0.25, -0.2) is 0 Å². The van der Waals surface area contributed by atoms with E-state index < -0.39 is 7.26 Å². The molecule has 0 atom stereocenters. The molecule has 0 nitrogen and oxygen atoms in total. The Hall–Kier alpha value is -1.39. The van der Waals surface area contributed by atoms with Gasteiger partial charge in [-0.1, -0.05) is 0 Å². The van der Waals surface area contributed by atoms with E-state index >= 15 is 0 Å². The Bertz CT molecular complexity index is 553. The number of hydrogen-bond donors (Lipinski definition) is 0. The van der Waals surface area contributed by atoms with Crippen molar-refractivity contribution in [2.24, 2.45) is 5.41 Å². The molecule has 0 radical (unpaired) electrons. The van der Waals surface area contributed by atoms with Gasteiger partial charge >= 0.3 is 143 Å². The quantitative estimate of drug-likeness (QED) is 0.472. The van der Waals surface area contributed by atoms with Crippen molar-refractivity contribution in [2.45, 2.75) is 33.6 Å². The Labute approximate surface area is 143 Å². The van der Waals surface area contributed by atoms with Gasteiger partial charge in [0.2, 0.25) is 0 Å². The summed E-state index contributed by atoms with van der Waals surface area (Å²) in [5.74, 6) is 0. The maximum atomic E-state index is 4.09. The SMILES string of the molecule is C=CC[PH](CCCC(C)(C)C)(c1ccccc1)c1ccccc1. The second kappa shape index (κ2) is 7.93. The van der Waals surface area contributed by atoms with Gasteiger partial charge < -0.3 is 0 Å². The van der Waals surface area contributed by atoms with Crippen LogP contribution in [0.15, 0.2) is 73.3 Å². The fourth-order valence-electron chi connectivity index (χ4n) is 3.47. The van der Waals surface area contributed by atoms with Gasteiger partial charge in [0, 0.05) is 0 Å². The summed E-state index contributed by atoms with van der Waals surface area (Å²) in [7, 11) is -1.77. The third kappa shape index (κ3) is 4.79. The summed E-state index contributed by atoms with van der Waals surface area (Å²) < 4.78 is 0. The molecular formula is C22H31P. The first-order valence-corrected chi connectivity index (χ1v) is 11.1. The molecule has 0 aromatic heterocycles. The van der Waals surface area contributed by atoms with E-state index in [2.05, 4.69) is 94.1 Å².